The molecule has 0 spiro atoms. The fourth-order valence-corrected chi connectivity index (χ4v) is 3.49. The van der Waals surface area contributed by atoms with Crippen molar-refractivity contribution in [2.45, 2.75) is 12.0 Å². The van der Waals surface area contributed by atoms with Gasteiger partial charge in [0.15, 0.2) is 0 Å². The summed E-state index contributed by atoms with van der Waals surface area (Å²) in [7, 11) is 0. The van der Waals surface area contributed by atoms with Crippen molar-refractivity contribution in [1.82, 2.24) is 0 Å². The molecule has 0 aromatic heterocycles. The van der Waals surface area contributed by atoms with Crippen LogP contribution in [0, 0.1) is 0 Å². The Hall–Kier alpha value is -1.23. The second-order valence-electron chi connectivity index (χ2n) is 4.40. The van der Waals surface area contributed by atoms with Gasteiger partial charge in [-0.05, 0) is 25.1 Å². The summed E-state index contributed by atoms with van der Waals surface area (Å²) < 4.78 is 5.85. The second kappa shape index (κ2) is 4.46. The number of nitrogens with two attached hydrogens (primary N) is 1. The van der Waals surface area contributed by atoms with Gasteiger partial charge in [-0.25, -0.2) is 0 Å². The van der Waals surface area contributed by atoms with Crippen molar-refractivity contribution in [3.8, 4) is 5.75 Å². The molecule has 0 bridgehead atoms. The van der Waals surface area contributed by atoms with Gasteiger partial charge in [-0.3, -0.25) is 0 Å². The van der Waals surface area contributed by atoms with Gasteiger partial charge >= 0.3 is 0 Å². The maximum atomic E-state index is 11.0. The summed E-state index contributed by atoms with van der Waals surface area (Å²) in [5.41, 5.74) is 5.48. The number of aliphatic hydroxyl groups is 1. The fourth-order valence-electron chi connectivity index (χ4n) is 2.43. The van der Waals surface area contributed by atoms with Crippen LogP contribution in [-0.2, 0) is 5.60 Å². The van der Waals surface area contributed by atoms with Gasteiger partial charge in [0.25, 0.3) is 0 Å². The van der Waals surface area contributed by atoms with Crippen LogP contribution in [0.1, 0.15) is 12.0 Å². The Morgan fingerprint density at radius 3 is 3.06 bits per heavy atom. The molecule has 3 N–H and O–H groups in total. The van der Waals surface area contributed by atoms with Crippen molar-refractivity contribution in [2.24, 2.45) is 5.73 Å². The van der Waals surface area contributed by atoms with Gasteiger partial charge in [-0.15, -0.1) is 11.8 Å². The Kier molecular flexibility index (Phi) is 2.93. The van der Waals surface area contributed by atoms with Gasteiger partial charge < -0.3 is 15.6 Å². The van der Waals surface area contributed by atoms with Gasteiger partial charge in [-0.2, -0.15) is 0 Å². The van der Waals surface area contributed by atoms with Gasteiger partial charge in [0.05, 0.1) is 4.91 Å². The first-order chi connectivity index (χ1) is 8.75. The van der Waals surface area contributed by atoms with Crippen molar-refractivity contribution in [3.05, 3.63) is 52.6 Å². The average Bonchev–Trinajstić information content (AvgIpc) is 2.40. The molecule has 1 unspecified atom stereocenters. The molecule has 1 aromatic rings. The van der Waals surface area contributed by atoms with Crippen LogP contribution in [0.15, 0.2) is 47.1 Å². The molecule has 0 radical (unpaired) electrons. The first-order valence-electron chi connectivity index (χ1n) is 5.99. The third-order valence-corrected chi connectivity index (χ3v) is 4.44. The molecular formula is C14H15NO2S. The molecule has 0 fully saturated rings. The van der Waals surface area contributed by atoms with E-state index in [1.165, 1.54) is 0 Å². The molecule has 3 rings (SSSR count). The lowest BCUT2D eigenvalue weighted by Gasteiger charge is -2.37. The zero-order valence-corrected chi connectivity index (χ0v) is 10.7. The van der Waals surface area contributed by atoms with Crippen molar-refractivity contribution in [1.29, 1.82) is 0 Å². The van der Waals surface area contributed by atoms with E-state index in [9.17, 15) is 5.11 Å². The molecule has 0 saturated heterocycles. The molecule has 1 atom stereocenters. The zero-order valence-electron chi connectivity index (χ0n) is 9.93. The Labute approximate surface area is 110 Å². The largest absolute Gasteiger partial charge is 0.456 e. The van der Waals surface area contributed by atoms with Crippen molar-refractivity contribution in [2.75, 3.05) is 12.3 Å². The monoisotopic (exact) mass is 261 g/mol. The minimum atomic E-state index is -1.01. The molecule has 2 aliphatic rings. The standard InChI is InChI=1S/C14H15NO2S/c15-8-7-14(16)10-4-1-2-5-11(10)17-12-6-3-9-18-13(12)14/h1-6,16H,7-9,15H2. The number of allylic oxidation sites excluding steroid dienone is 1. The van der Waals surface area contributed by atoms with E-state index in [1.54, 1.807) is 11.8 Å². The average molecular weight is 261 g/mol. The Bertz CT molecular complexity index is 538. The van der Waals surface area contributed by atoms with Crippen LogP contribution in [0.3, 0.4) is 0 Å². The third-order valence-electron chi connectivity index (χ3n) is 3.25. The highest BCUT2D eigenvalue weighted by atomic mass is 32.2. The van der Waals surface area contributed by atoms with Gasteiger partial charge in [0, 0.05) is 11.3 Å². The maximum absolute atomic E-state index is 11.0. The number of benzene rings is 1. The van der Waals surface area contributed by atoms with Gasteiger partial charge in [0.1, 0.15) is 17.1 Å². The highest BCUT2D eigenvalue weighted by Crippen LogP contribution is 2.49. The number of hydrogen-bond acceptors (Lipinski definition) is 4. The van der Waals surface area contributed by atoms with E-state index in [2.05, 4.69) is 0 Å². The number of thioether (sulfide) groups is 1. The molecule has 2 heterocycles. The van der Waals surface area contributed by atoms with Crippen LogP contribution in [0.5, 0.6) is 5.75 Å². The first-order valence-corrected chi connectivity index (χ1v) is 6.98. The summed E-state index contributed by atoms with van der Waals surface area (Å²) in [5.74, 6) is 2.33. The fraction of sp³-hybridized carbons (Fsp3) is 0.286. The van der Waals surface area contributed by atoms with E-state index < -0.39 is 5.60 Å². The molecule has 0 amide bonds. The molecular weight excluding hydrogens is 246 g/mol. The minimum Gasteiger partial charge on any atom is -0.456 e. The van der Waals surface area contributed by atoms with Crippen molar-refractivity contribution < 1.29 is 9.84 Å². The van der Waals surface area contributed by atoms with Crippen LogP contribution >= 0.6 is 11.8 Å². The predicted molar refractivity (Wildman–Crippen MR) is 73.3 cm³/mol. The molecule has 18 heavy (non-hydrogen) atoms. The zero-order chi connectivity index (χ0) is 12.6. The molecule has 0 aliphatic carbocycles. The first kappa shape index (κ1) is 11.8. The summed E-state index contributed by atoms with van der Waals surface area (Å²) >= 11 is 1.62. The highest BCUT2D eigenvalue weighted by molar-refractivity contribution is 8.03. The normalized spacial score (nSPS) is 25.4. The summed E-state index contributed by atoms with van der Waals surface area (Å²) in [6, 6.07) is 7.62. The van der Waals surface area contributed by atoms with E-state index in [4.69, 9.17) is 10.5 Å². The quantitative estimate of drug-likeness (QED) is 0.856. The highest BCUT2D eigenvalue weighted by Gasteiger charge is 2.42. The predicted octanol–water partition coefficient (Wildman–Crippen LogP) is 2.13. The summed E-state index contributed by atoms with van der Waals surface area (Å²) in [5, 5.41) is 11.0. The van der Waals surface area contributed by atoms with E-state index in [0.717, 1.165) is 27.7 Å². The lowest BCUT2D eigenvalue weighted by molar-refractivity contribution is 0.0659. The van der Waals surface area contributed by atoms with E-state index >= 15 is 0 Å². The maximum Gasteiger partial charge on any atom is 0.139 e. The lowest BCUT2D eigenvalue weighted by atomic mass is 9.87. The molecule has 2 aliphatic heterocycles. The van der Waals surface area contributed by atoms with Crippen LogP contribution in [0.4, 0.5) is 0 Å². The van der Waals surface area contributed by atoms with E-state index in [-0.39, 0.29) is 0 Å². The van der Waals surface area contributed by atoms with Crippen LogP contribution < -0.4 is 10.5 Å². The van der Waals surface area contributed by atoms with E-state index in [0.29, 0.717) is 13.0 Å². The summed E-state index contributed by atoms with van der Waals surface area (Å²) in [6.45, 7) is 0.436. The molecule has 4 heteroatoms. The number of ether oxygens (including phenoxy) is 1. The number of hydrogen-bond donors (Lipinski definition) is 2. The Morgan fingerprint density at radius 2 is 2.22 bits per heavy atom. The molecule has 3 nitrogen and oxygen atoms in total. The molecule has 94 valence electrons. The Balaban J connectivity index is 2.17. The molecule has 1 aromatic carbocycles. The number of fused-ring (bicyclic) bond motifs is 1. The van der Waals surface area contributed by atoms with Crippen molar-refractivity contribution in [3.63, 3.8) is 0 Å². The van der Waals surface area contributed by atoms with Gasteiger partial charge in [-0.1, -0.05) is 24.3 Å². The van der Waals surface area contributed by atoms with Crippen LogP contribution in [0.2, 0.25) is 0 Å². The van der Waals surface area contributed by atoms with Crippen LogP contribution in [0.25, 0.3) is 0 Å². The lowest BCUT2D eigenvalue weighted by Crippen LogP contribution is -2.35. The van der Waals surface area contributed by atoms with Gasteiger partial charge in [0.2, 0.25) is 0 Å². The number of rotatable bonds is 2. The summed E-state index contributed by atoms with van der Waals surface area (Å²) in [6.07, 6.45) is 4.48. The summed E-state index contributed by atoms with van der Waals surface area (Å²) in [4.78, 5) is 0.883. The SMILES string of the molecule is NCCC1(O)C2=C(C=CCS2)Oc2ccccc21. The minimum absolute atomic E-state index is 0.436. The molecule has 0 saturated carbocycles. The second-order valence-corrected chi connectivity index (χ2v) is 5.43. The van der Waals surface area contributed by atoms with E-state index in [1.807, 2.05) is 36.4 Å². The number of para-hydroxylation sites is 1. The van der Waals surface area contributed by atoms with Crippen molar-refractivity contribution >= 4 is 11.8 Å². The topological polar surface area (TPSA) is 55.5 Å². The van der Waals surface area contributed by atoms with Crippen LogP contribution in [-0.4, -0.2) is 17.4 Å². The smallest absolute Gasteiger partial charge is 0.139 e. The Morgan fingerprint density at radius 1 is 1.39 bits per heavy atom. The third kappa shape index (κ3) is 1.68.